The molecule has 3 nitrogen and oxygen atoms in total. The number of hydrogen-bond donors (Lipinski definition) is 0. The molecule has 1 heterocycles. The third-order valence-corrected chi connectivity index (χ3v) is 8.44. The van der Waals surface area contributed by atoms with Gasteiger partial charge in [0.25, 0.3) is 5.91 Å². The van der Waals surface area contributed by atoms with Crippen molar-refractivity contribution >= 4 is 23.4 Å². The van der Waals surface area contributed by atoms with Crippen molar-refractivity contribution < 1.29 is 13.9 Å². The van der Waals surface area contributed by atoms with E-state index in [4.69, 9.17) is 4.74 Å². The third-order valence-electron chi connectivity index (χ3n) is 6.61. The Balaban J connectivity index is 1.43. The quantitative estimate of drug-likeness (QED) is 0.510. The minimum atomic E-state index is -0.319. The molecular weight excluding hydrogens is 409 g/mol. The minimum absolute atomic E-state index is 0.0883. The Labute approximate surface area is 189 Å². The molecule has 2 fully saturated rings. The Hall–Kier alpha value is -2.01. The van der Waals surface area contributed by atoms with E-state index in [1.54, 1.807) is 19.1 Å². The van der Waals surface area contributed by atoms with Crippen LogP contribution in [0, 0.1) is 12.7 Å². The van der Waals surface area contributed by atoms with E-state index in [0.717, 1.165) is 12.1 Å². The van der Waals surface area contributed by atoms with Crippen LogP contribution in [-0.4, -0.2) is 29.1 Å². The molecule has 1 amide bonds. The van der Waals surface area contributed by atoms with Crippen molar-refractivity contribution in [2.75, 3.05) is 18.1 Å². The molecule has 0 N–H and O–H groups in total. The summed E-state index contributed by atoms with van der Waals surface area (Å²) in [4.78, 5) is 15.0. The monoisotopic (exact) mass is 441 g/mol. The molecule has 1 aliphatic carbocycles. The van der Waals surface area contributed by atoms with Crippen molar-refractivity contribution in [1.29, 1.82) is 0 Å². The summed E-state index contributed by atoms with van der Waals surface area (Å²) in [5.74, 6) is -0.0207. The van der Waals surface area contributed by atoms with Crippen molar-refractivity contribution in [3.05, 3.63) is 59.9 Å². The number of nitrogens with zero attached hydrogens (tertiary/aromatic N) is 1. The van der Waals surface area contributed by atoms with Gasteiger partial charge in [-0.05, 0) is 56.4 Å². The number of thioether (sulfide) groups is 1. The zero-order valence-electron chi connectivity index (χ0n) is 18.3. The highest BCUT2D eigenvalue weighted by Gasteiger charge is 2.40. The summed E-state index contributed by atoms with van der Waals surface area (Å²) in [6.07, 6.45) is 10.4. The molecule has 1 saturated carbocycles. The largest absolute Gasteiger partial charge is 0.484 e. The van der Waals surface area contributed by atoms with Gasteiger partial charge in [-0.1, -0.05) is 49.9 Å². The normalized spacial score (nSPS) is 20.4. The lowest BCUT2D eigenvalue weighted by atomic mass is 9.93. The maximum absolute atomic E-state index is 13.8. The number of benzene rings is 2. The van der Waals surface area contributed by atoms with E-state index in [2.05, 4.69) is 11.8 Å². The lowest BCUT2D eigenvalue weighted by Gasteiger charge is -2.29. The number of para-hydroxylation sites is 1. The zero-order chi connectivity index (χ0) is 21.7. The maximum Gasteiger partial charge on any atom is 0.264 e. The first-order chi connectivity index (χ1) is 15.0. The van der Waals surface area contributed by atoms with Gasteiger partial charge in [-0.3, -0.25) is 4.79 Å². The number of halogens is 1. The van der Waals surface area contributed by atoms with Crippen LogP contribution in [0.2, 0.25) is 0 Å². The molecule has 0 bridgehead atoms. The molecule has 1 atom stereocenters. The van der Waals surface area contributed by atoms with Crippen molar-refractivity contribution in [1.82, 2.24) is 0 Å². The van der Waals surface area contributed by atoms with Crippen LogP contribution in [0.15, 0.2) is 48.5 Å². The molecule has 31 heavy (non-hydrogen) atoms. The molecule has 2 aromatic rings. The number of amides is 1. The van der Waals surface area contributed by atoms with Gasteiger partial charge in [0, 0.05) is 28.3 Å². The van der Waals surface area contributed by atoms with E-state index < -0.39 is 0 Å². The Morgan fingerprint density at radius 2 is 1.84 bits per heavy atom. The summed E-state index contributed by atoms with van der Waals surface area (Å²) in [6.45, 7) is 2.31. The van der Waals surface area contributed by atoms with Gasteiger partial charge in [0.15, 0.2) is 6.61 Å². The summed E-state index contributed by atoms with van der Waals surface area (Å²) in [5.41, 5.74) is 1.46. The van der Waals surface area contributed by atoms with Crippen LogP contribution in [0.5, 0.6) is 5.75 Å². The molecule has 1 unspecified atom stereocenters. The predicted octanol–water partition coefficient (Wildman–Crippen LogP) is 6.53. The fourth-order valence-electron chi connectivity index (χ4n) is 4.81. The molecule has 2 aliphatic rings. The fourth-order valence-corrected chi connectivity index (χ4v) is 6.74. The number of carbonyl (C=O) groups excluding carboxylic acids is 1. The number of aryl methyl sites for hydroxylation is 1. The van der Waals surface area contributed by atoms with E-state index in [0.29, 0.717) is 27.9 Å². The highest BCUT2D eigenvalue weighted by atomic mass is 32.2. The molecular formula is C26H32FNO2S. The molecule has 4 rings (SSSR count). The smallest absolute Gasteiger partial charge is 0.264 e. The SMILES string of the molecule is Cc1ccc(OCC(=O)N(CC2CCC3(CCCCCC3)S2)c2ccccc2)cc1F. The average molecular weight is 442 g/mol. The van der Waals surface area contributed by atoms with Gasteiger partial charge in [-0.15, -0.1) is 11.8 Å². The third kappa shape index (κ3) is 5.62. The topological polar surface area (TPSA) is 29.5 Å². The summed E-state index contributed by atoms with van der Waals surface area (Å²) in [7, 11) is 0. The lowest BCUT2D eigenvalue weighted by Crippen LogP contribution is -2.39. The van der Waals surface area contributed by atoms with Gasteiger partial charge in [-0.2, -0.15) is 0 Å². The highest BCUT2D eigenvalue weighted by molar-refractivity contribution is 8.01. The van der Waals surface area contributed by atoms with Crippen molar-refractivity contribution in [2.24, 2.45) is 0 Å². The molecule has 1 saturated heterocycles. The van der Waals surface area contributed by atoms with Crippen LogP contribution in [0.4, 0.5) is 10.1 Å². The lowest BCUT2D eigenvalue weighted by molar-refractivity contribution is -0.120. The Morgan fingerprint density at radius 1 is 1.10 bits per heavy atom. The number of ether oxygens (including phenoxy) is 1. The average Bonchev–Trinajstić information content (AvgIpc) is 3.03. The van der Waals surface area contributed by atoms with Crippen LogP contribution >= 0.6 is 11.8 Å². The minimum Gasteiger partial charge on any atom is -0.484 e. The number of carbonyl (C=O) groups is 1. The Morgan fingerprint density at radius 3 is 2.55 bits per heavy atom. The Kier molecular flexibility index (Phi) is 7.21. The van der Waals surface area contributed by atoms with Gasteiger partial charge >= 0.3 is 0 Å². The van der Waals surface area contributed by atoms with Crippen LogP contribution < -0.4 is 9.64 Å². The van der Waals surface area contributed by atoms with Crippen molar-refractivity contribution in [3.8, 4) is 5.75 Å². The highest BCUT2D eigenvalue weighted by Crippen LogP contribution is 2.51. The van der Waals surface area contributed by atoms with Crippen LogP contribution in [0.1, 0.15) is 56.9 Å². The molecule has 0 radical (unpaired) electrons. The second kappa shape index (κ2) is 10.1. The zero-order valence-corrected chi connectivity index (χ0v) is 19.1. The molecule has 2 aromatic carbocycles. The summed E-state index contributed by atoms with van der Waals surface area (Å²) >= 11 is 2.12. The van der Waals surface area contributed by atoms with Gasteiger partial charge < -0.3 is 9.64 Å². The molecule has 166 valence electrons. The summed E-state index contributed by atoms with van der Waals surface area (Å²) in [5, 5.41) is 0.444. The standard InChI is InChI=1S/C26H32FNO2S/c1-20-11-12-22(17-24(20)27)30-19-25(29)28(21-9-5-4-6-10-21)18-23-13-16-26(31-23)14-7-2-3-8-15-26/h4-6,9-12,17,23H,2-3,7-8,13-16,18-19H2,1H3. The molecule has 1 spiro atoms. The Bertz CT molecular complexity index is 880. The molecule has 5 heteroatoms. The number of anilines is 1. The number of hydrogen-bond acceptors (Lipinski definition) is 3. The first-order valence-corrected chi connectivity index (χ1v) is 12.3. The first kappa shape index (κ1) is 22.2. The number of rotatable bonds is 6. The first-order valence-electron chi connectivity index (χ1n) is 11.5. The van der Waals surface area contributed by atoms with Gasteiger partial charge in [-0.25, -0.2) is 4.39 Å². The van der Waals surface area contributed by atoms with Crippen molar-refractivity contribution in [3.63, 3.8) is 0 Å². The van der Waals surface area contributed by atoms with Crippen molar-refractivity contribution in [2.45, 2.75) is 68.3 Å². The van der Waals surface area contributed by atoms with Crippen LogP contribution in [-0.2, 0) is 4.79 Å². The molecule has 1 aliphatic heterocycles. The van der Waals surface area contributed by atoms with E-state index >= 15 is 0 Å². The van der Waals surface area contributed by atoms with Crippen LogP contribution in [0.25, 0.3) is 0 Å². The second-order valence-corrected chi connectivity index (χ2v) is 10.7. The van der Waals surface area contributed by atoms with E-state index in [-0.39, 0.29) is 18.3 Å². The summed E-state index contributed by atoms with van der Waals surface area (Å²) in [6, 6.07) is 14.6. The molecule has 0 aromatic heterocycles. The fraction of sp³-hybridized carbons (Fsp3) is 0.500. The summed E-state index contributed by atoms with van der Waals surface area (Å²) < 4.78 is 19.9. The predicted molar refractivity (Wildman–Crippen MR) is 126 cm³/mol. The van der Waals surface area contributed by atoms with Crippen LogP contribution in [0.3, 0.4) is 0 Å². The second-order valence-electron chi connectivity index (χ2n) is 8.92. The van der Waals surface area contributed by atoms with Gasteiger partial charge in [0.1, 0.15) is 11.6 Å². The van der Waals surface area contributed by atoms with E-state index in [1.807, 2.05) is 35.2 Å². The van der Waals surface area contributed by atoms with Gasteiger partial charge in [0.05, 0.1) is 0 Å². The van der Waals surface area contributed by atoms with Gasteiger partial charge in [0.2, 0.25) is 0 Å². The maximum atomic E-state index is 13.8. The van der Waals surface area contributed by atoms with E-state index in [9.17, 15) is 9.18 Å². The van der Waals surface area contributed by atoms with E-state index in [1.165, 1.54) is 51.0 Å².